The number of fused-ring (bicyclic) bond motifs is 4. The van der Waals surface area contributed by atoms with Gasteiger partial charge in [0, 0.05) is 37.5 Å². The molecule has 0 aromatic heterocycles. The minimum Gasteiger partial charge on any atom is -0.493 e. The summed E-state index contributed by atoms with van der Waals surface area (Å²) in [4.78, 5) is 115. The second-order valence-corrected chi connectivity index (χ2v) is 24.7. The zero-order valence-electron chi connectivity index (χ0n) is 54.2. The number of alkyl carbamates (subject to hydrolysis) is 1. The average molecular weight is 1300 g/mol. The second kappa shape index (κ2) is 29.5. The van der Waals surface area contributed by atoms with Gasteiger partial charge < -0.3 is 78.2 Å². The zero-order chi connectivity index (χ0) is 67.9. The van der Waals surface area contributed by atoms with Gasteiger partial charge in [0.25, 0.3) is 11.8 Å². The molecular weight excluding hydrogens is 1220 g/mol. The number of amides is 7. The molecule has 5 heterocycles. The van der Waals surface area contributed by atoms with Crippen molar-refractivity contribution in [3.8, 4) is 23.0 Å². The number of ether oxygens (including phenoxy) is 10. The van der Waals surface area contributed by atoms with Crippen molar-refractivity contribution in [3.05, 3.63) is 137 Å². The van der Waals surface area contributed by atoms with E-state index in [2.05, 4.69) is 35.7 Å². The van der Waals surface area contributed by atoms with E-state index in [9.17, 15) is 43.5 Å². The lowest BCUT2D eigenvalue weighted by molar-refractivity contribution is -0.195. The maximum absolute atomic E-state index is 14.7. The van der Waals surface area contributed by atoms with Gasteiger partial charge in [-0.15, -0.1) is 0 Å². The minimum atomic E-state index is -1.64. The minimum absolute atomic E-state index is 0.0172. The van der Waals surface area contributed by atoms with Crippen LogP contribution in [0.1, 0.15) is 121 Å². The van der Waals surface area contributed by atoms with Crippen molar-refractivity contribution in [2.75, 3.05) is 62.7 Å². The maximum Gasteiger partial charge on any atom is 0.417 e. The van der Waals surface area contributed by atoms with Crippen LogP contribution in [0, 0.1) is 5.92 Å². The third kappa shape index (κ3) is 15.7. The highest BCUT2D eigenvalue weighted by molar-refractivity contribution is 6.07. The monoisotopic (exact) mass is 1300 g/mol. The first-order valence-electron chi connectivity index (χ1n) is 30.8. The maximum atomic E-state index is 14.7. The van der Waals surface area contributed by atoms with Gasteiger partial charge in [0.05, 0.1) is 61.5 Å². The van der Waals surface area contributed by atoms with Crippen LogP contribution in [0.3, 0.4) is 0 Å². The van der Waals surface area contributed by atoms with E-state index in [0.717, 1.165) is 23.3 Å². The summed E-state index contributed by atoms with van der Waals surface area (Å²) in [5, 5.41) is 20.0. The Labute approximate surface area is 544 Å². The van der Waals surface area contributed by atoms with E-state index in [1.54, 1.807) is 82.0 Å². The molecule has 0 radical (unpaired) electrons. The van der Waals surface area contributed by atoms with Gasteiger partial charge in [-0.05, 0) is 125 Å². The van der Waals surface area contributed by atoms with E-state index in [-0.39, 0.29) is 103 Å². The average Bonchev–Trinajstić information content (AvgIpc) is 1.59. The predicted molar refractivity (Wildman–Crippen MR) is 341 cm³/mol. The Bertz CT molecular complexity index is 3600. The number of carbonyl (C=O) groups excluding carboxylic acids is 8. The molecule has 4 N–H and O–H groups in total. The Balaban J connectivity index is 0.947. The van der Waals surface area contributed by atoms with Crippen molar-refractivity contribution in [3.63, 3.8) is 0 Å². The summed E-state index contributed by atoms with van der Waals surface area (Å²) < 4.78 is 59.2. The fourth-order valence-corrected chi connectivity index (χ4v) is 11.6. The highest BCUT2D eigenvalue weighted by Gasteiger charge is 2.50. The summed E-state index contributed by atoms with van der Waals surface area (Å²) in [7, 11) is 4.01. The van der Waals surface area contributed by atoms with Crippen LogP contribution >= 0.6 is 0 Å². The third-order valence-corrected chi connectivity index (χ3v) is 16.2. The van der Waals surface area contributed by atoms with E-state index in [1.807, 2.05) is 0 Å². The number of carbonyl (C=O) groups is 8. The van der Waals surface area contributed by atoms with Crippen LogP contribution in [0.5, 0.6) is 23.0 Å². The summed E-state index contributed by atoms with van der Waals surface area (Å²) in [6.07, 6.45) is -1.83. The predicted octanol–water partition coefficient (Wildman–Crippen LogP) is 8.67. The molecule has 26 nitrogen and oxygen atoms in total. The molecule has 3 fully saturated rings. The molecule has 4 aromatic carbocycles. The number of nitrogens with zero attached hydrogens (tertiary/aromatic N) is 4. The quantitative estimate of drug-likeness (QED) is 0.0344. The molecule has 3 saturated heterocycles. The number of esters is 1. The molecule has 4 aromatic rings. The van der Waals surface area contributed by atoms with Gasteiger partial charge in [-0.25, -0.2) is 29.0 Å². The normalized spacial score (nSPS) is 19.8. The highest BCUT2D eigenvalue weighted by atomic mass is 16.7. The van der Waals surface area contributed by atoms with Crippen LogP contribution in [-0.4, -0.2) is 159 Å². The van der Waals surface area contributed by atoms with Crippen molar-refractivity contribution in [1.82, 2.24) is 20.4 Å². The van der Waals surface area contributed by atoms with Crippen molar-refractivity contribution in [2.45, 2.75) is 142 Å². The molecule has 0 bridgehead atoms. The summed E-state index contributed by atoms with van der Waals surface area (Å²) >= 11 is 0. The Morgan fingerprint density at radius 1 is 0.702 bits per heavy atom. The Kier molecular flexibility index (Phi) is 21.6. The summed E-state index contributed by atoms with van der Waals surface area (Å²) in [6, 6.07) is 13.4. The third-order valence-electron chi connectivity index (χ3n) is 16.2. The van der Waals surface area contributed by atoms with Crippen LogP contribution in [0.25, 0.3) is 0 Å². The van der Waals surface area contributed by atoms with Gasteiger partial charge in [0.15, 0.2) is 41.7 Å². The zero-order valence-corrected chi connectivity index (χ0v) is 54.2. The first-order chi connectivity index (χ1) is 44.8. The largest absolute Gasteiger partial charge is 0.493 e. The molecule has 26 heteroatoms. The second-order valence-electron chi connectivity index (χ2n) is 24.7. The first kappa shape index (κ1) is 68.7. The Hall–Kier alpha value is -9.66. The number of benzene rings is 4. The van der Waals surface area contributed by atoms with Crippen LogP contribution in [0.4, 0.5) is 31.4 Å². The van der Waals surface area contributed by atoms with E-state index in [1.165, 1.54) is 68.4 Å². The number of hydrogen-bond donors (Lipinski definition) is 4. The van der Waals surface area contributed by atoms with Crippen molar-refractivity contribution >= 4 is 64.9 Å². The fourth-order valence-electron chi connectivity index (χ4n) is 11.6. The highest BCUT2D eigenvalue weighted by Crippen LogP contribution is 2.45. The van der Waals surface area contributed by atoms with E-state index >= 15 is 0 Å². The lowest BCUT2D eigenvalue weighted by atomic mass is 10.0. The number of methoxy groups -OCH3 is 3. The van der Waals surface area contributed by atoms with Crippen LogP contribution in [-0.2, 0) is 57.8 Å². The van der Waals surface area contributed by atoms with Gasteiger partial charge in [0.1, 0.15) is 44.1 Å². The van der Waals surface area contributed by atoms with Gasteiger partial charge in [-0.1, -0.05) is 62.9 Å². The van der Waals surface area contributed by atoms with Crippen LogP contribution in [0.15, 0.2) is 104 Å². The smallest absolute Gasteiger partial charge is 0.417 e. The number of anilines is 3. The van der Waals surface area contributed by atoms with E-state index in [4.69, 9.17) is 47.4 Å². The standard InChI is InChI=1S/C68H81N7O19/c1-13-21-89-65(82)71-57(37(2)3)59(77)69-40(6)58(76)70-45-19-17-41(18-20-45)34-92-66(83)74-48-30-54(52(85-10)28-46(48)60(78)72-32-38(4)23-50(72)62(74)80)90-35-42-25-43(27-44(26-42)64(81)87-12)36-91-55-31-49-47(29-53(55)86-11)61(79)73-33-39(5)24-51(73)63(93-56-16-14-15-22-88-56)75(49)67(84)94-68(7,8)9/h13,17-20,25-31,37,40,50-51,56-57,62-63,80H,1,4-5,14-16,21-24,32-36H2,2-3,6-12H3,(H,69,77)(H,70,76)(H,71,82)/t40-,50-,51-,56?,57-,62-,63-/m0/s1. The lowest BCUT2D eigenvalue weighted by Crippen LogP contribution is -2.54. The summed E-state index contributed by atoms with van der Waals surface area (Å²) in [5.41, 5.74) is 2.47. The van der Waals surface area contributed by atoms with Crippen molar-refractivity contribution < 1.29 is 90.8 Å². The first-order valence-corrected chi connectivity index (χ1v) is 30.8. The summed E-state index contributed by atoms with van der Waals surface area (Å²) in [6.45, 7) is 21.9. The number of rotatable bonds is 21. The molecule has 5 aliphatic rings. The van der Waals surface area contributed by atoms with E-state index < -0.39 is 96.4 Å². The molecule has 5 aliphatic heterocycles. The van der Waals surface area contributed by atoms with Crippen molar-refractivity contribution in [2.24, 2.45) is 5.92 Å². The van der Waals surface area contributed by atoms with Crippen LogP contribution in [0.2, 0.25) is 0 Å². The Morgan fingerprint density at radius 2 is 1.29 bits per heavy atom. The molecule has 7 amide bonds. The lowest BCUT2D eigenvalue weighted by Gasteiger charge is -2.39. The molecule has 1 unspecified atom stereocenters. The number of hydrogen-bond acceptors (Lipinski definition) is 19. The molecule has 0 aliphatic carbocycles. The molecule has 94 heavy (non-hydrogen) atoms. The number of aliphatic hydroxyl groups excluding tert-OH is 1. The molecule has 0 saturated carbocycles. The Morgan fingerprint density at radius 3 is 1.83 bits per heavy atom. The molecule has 502 valence electrons. The van der Waals surface area contributed by atoms with Gasteiger partial charge in [-0.2, -0.15) is 0 Å². The van der Waals surface area contributed by atoms with Gasteiger partial charge in [0.2, 0.25) is 11.8 Å². The number of nitrogens with one attached hydrogen (secondary N) is 3. The molecule has 7 atom stereocenters. The molecular formula is C68H81N7O19. The number of aliphatic hydroxyl groups is 1. The fraction of sp³-hybridized carbons (Fsp3) is 0.441. The summed E-state index contributed by atoms with van der Waals surface area (Å²) in [5.74, 6) is -2.71. The SMILES string of the molecule is C=CCOC(=O)N[C@H](C(=O)N[C@@H](C)C(=O)Nc1ccc(COC(=O)N2c3cc(OCc4cc(COc5cc6c(cc5OC)C(=O)N5CC(=C)C[C@H]5[C@H](OC5CCCCO5)N6C(=O)OC(C)(C)C)cc(C(=O)OC)c4)c(OC)cc3C(=O)N3CC(=C)C[C@H]3[C@@H]2O)cc1)C(C)C. The van der Waals surface area contributed by atoms with Gasteiger partial charge in [-0.3, -0.25) is 19.2 Å². The van der Waals surface area contributed by atoms with Gasteiger partial charge >= 0.3 is 24.2 Å². The van der Waals surface area contributed by atoms with E-state index in [0.29, 0.717) is 47.4 Å². The van der Waals surface area contributed by atoms with Crippen molar-refractivity contribution in [1.29, 1.82) is 0 Å². The van der Waals surface area contributed by atoms with Crippen LogP contribution < -0.4 is 44.7 Å². The topological polar surface area (TPSA) is 298 Å². The molecule has 0 spiro atoms. The molecule has 9 rings (SSSR count).